The molecule has 0 atom stereocenters. The third-order valence-electron chi connectivity index (χ3n) is 3.23. The summed E-state index contributed by atoms with van der Waals surface area (Å²) >= 11 is 0. The monoisotopic (exact) mass is 284 g/mol. The number of imidazole rings is 1. The molecule has 3 aromatic rings. The number of nitrogens with one attached hydrogen (secondary N) is 2. The number of para-hydroxylation sites is 1. The first kappa shape index (κ1) is 11.8. The minimum atomic E-state index is 0.176. The van der Waals surface area contributed by atoms with Gasteiger partial charge in [0.15, 0.2) is 23.0 Å². The molecule has 2 aromatic heterocycles. The fourth-order valence-electron chi connectivity index (χ4n) is 2.29. The second-order valence-corrected chi connectivity index (χ2v) is 4.54. The van der Waals surface area contributed by atoms with Crippen molar-refractivity contribution in [1.82, 2.24) is 19.9 Å². The molecule has 8 nitrogen and oxygen atoms in total. The van der Waals surface area contributed by atoms with Crippen LogP contribution in [-0.4, -0.2) is 26.7 Å². The fourth-order valence-corrected chi connectivity index (χ4v) is 2.29. The molecule has 106 valence electrons. The maximum absolute atomic E-state index is 5.68. The molecule has 0 fully saturated rings. The van der Waals surface area contributed by atoms with Crippen LogP contribution in [0.3, 0.4) is 0 Å². The molecule has 4 rings (SSSR count). The van der Waals surface area contributed by atoms with Gasteiger partial charge in [-0.3, -0.25) is 0 Å². The largest absolute Gasteiger partial charge is 0.454 e. The second-order valence-electron chi connectivity index (χ2n) is 4.54. The van der Waals surface area contributed by atoms with Crippen LogP contribution in [0.25, 0.3) is 11.2 Å². The summed E-state index contributed by atoms with van der Waals surface area (Å²) in [5, 5.41) is 3.22. The molecule has 3 heterocycles. The smallest absolute Gasteiger partial charge is 0.231 e. The van der Waals surface area contributed by atoms with Gasteiger partial charge < -0.3 is 25.5 Å². The third-order valence-corrected chi connectivity index (χ3v) is 3.23. The van der Waals surface area contributed by atoms with Gasteiger partial charge in [-0.25, -0.2) is 4.98 Å². The summed E-state index contributed by atoms with van der Waals surface area (Å²) in [7, 11) is 0. The molecule has 0 saturated heterocycles. The maximum Gasteiger partial charge on any atom is 0.231 e. The lowest BCUT2D eigenvalue weighted by Gasteiger charge is -2.09. The number of hydrogen-bond donors (Lipinski definition) is 3. The molecule has 21 heavy (non-hydrogen) atoms. The van der Waals surface area contributed by atoms with Crippen LogP contribution < -0.4 is 20.5 Å². The summed E-state index contributed by atoms with van der Waals surface area (Å²) in [4.78, 5) is 15.3. The number of nitrogens with two attached hydrogens (primary N) is 1. The zero-order chi connectivity index (χ0) is 14.2. The Morgan fingerprint density at radius 2 is 2.24 bits per heavy atom. The predicted molar refractivity (Wildman–Crippen MR) is 76.0 cm³/mol. The summed E-state index contributed by atoms with van der Waals surface area (Å²) < 4.78 is 10.8. The molecule has 0 spiro atoms. The number of aromatic nitrogens is 4. The Morgan fingerprint density at radius 3 is 3.19 bits per heavy atom. The Morgan fingerprint density at radius 1 is 1.29 bits per heavy atom. The predicted octanol–water partition coefficient (Wildman–Crippen LogP) is 1.28. The van der Waals surface area contributed by atoms with Gasteiger partial charge in [0.2, 0.25) is 12.7 Å². The zero-order valence-corrected chi connectivity index (χ0v) is 11.0. The van der Waals surface area contributed by atoms with Crippen molar-refractivity contribution in [2.75, 3.05) is 17.8 Å². The Hall–Kier alpha value is -3.03. The van der Waals surface area contributed by atoms with Gasteiger partial charge in [0.25, 0.3) is 0 Å². The summed E-state index contributed by atoms with van der Waals surface area (Å²) in [5.74, 6) is 2.29. The Bertz CT molecular complexity index is 816. The van der Waals surface area contributed by atoms with E-state index in [1.165, 1.54) is 0 Å². The van der Waals surface area contributed by atoms with Crippen LogP contribution in [0.2, 0.25) is 0 Å². The van der Waals surface area contributed by atoms with Crippen molar-refractivity contribution in [1.29, 1.82) is 0 Å². The molecule has 0 bridgehead atoms. The molecule has 0 radical (unpaired) electrons. The number of H-pyrrole nitrogens is 1. The fraction of sp³-hybridized carbons (Fsp3) is 0.154. The molecule has 8 heteroatoms. The van der Waals surface area contributed by atoms with E-state index in [0.29, 0.717) is 23.5 Å². The Balaban J connectivity index is 1.64. The summed E-state index contributed by atoms with van der Waals surface area (Å²) in [6, 6.07) is 5.77. The van der Waals surface area contributed by atoms with E-state index in [1.54, 1.807) is 6.33 Å². The van der Waals surface area contributed by atoms with Crippen molar-refractivity contribution in [3.8, 4) is 11.5 Å². The van der Waals surface area contributed by atoms with Crippen LogP contribution in [0, 0.1) is 0 Å². The number of aromatic amines is 1. The van der Waals surface area contributed by atoms with Crippen LogP contribution >= 0.6 is 0 Å². The number of benzene rings is 1. The van der Waals surface area contributed by atoms with Crippen LogP contribution in [0.5, 0.6) is 11.5 Å². The van der Waals surface area contributed by atoms with Crippen LogP contribution in [0.15, 0.2) is 24.5 Å². The average Bonchev–Trinajstić information content (AvgIpc) is 3.12. The van der Waals surface area contributed by atoms with Crippen LogP contribution in [0.4, 0.5) is 11.8 Å². The van der Waals surface area contributed by atoms with Gasteiger partial charge in [-0.2, -0.15) is 9.97 Å². The number of anilines is 2. The molecule has 0 amide bonds. The van der Waals surface area contributed by atoms with Gasteiger partial charge in [-0.05, 0) is 6.07 Å². The van der Waals surface area contributed by atoms with E-state index in [9.17, 15) is 0 Å². The highest BCUT2D eigenvalue weighted by Crippen LogP contribution is 2.35. The van der Waals surface area contributed by atoms with E-state index in [0.717, 1.165) is 17.1 Å². The lowest BCUT2D eigenvalue weighted by Crippen LogP contribution is -2.06. The zero-order valence-electron chi connectivity index (χ0n) is 11.0. The number of ether oxygens (including phenoxy) is 2. The molecule has 1 aliphatic rings. The lowest BCUT2D eigenvalue weighted by atomic mass is 10.2. The highest BCUT2D eigenvalue weighted by atomic mass is 16.7. The summed E-state index contributed by atoms with van der Waals surface area (Å²) in [6.07, 6.45) is 1.56. The SMILES string of the molecule is Nc1nc(NCc2cccc3c2OCO3)c2[nH]cnc2n1. The highest BCUT2D eigenvalue weighted by Gasteiger charge is 2.17. The van der Waals surface area contributed by atoms with Crippen molar-refractivity contribution in [3.05, 3.63) is 30.1 Å². The maximum atomic E-state index is 5.68. The molecular formula is C13H12N6O2. The molecule has 0 aliphatic carbocycles. The van der Waals surface area contributed by atoms with Crippen LogP contribution in [-0.2, 0) is 6.54 Å². The molecule has 0 unspecified atom stereocenters. The lowest BCUT2D eigenvalue weighted by molar-refractivity contribution is 0.173. The highest BCUT2D eigenvalue weighted by molar-refractivity contribution is 5.83. The molecule has 1 aliphatic heterocycles. The number of fused-ring (bicyclic) bond motifs is 2. The van der Waals surface area contributed by atoms with E-state index in [4.69, 9.17) is 15.2 Å². The Labute approximate surface area is 119 Å². The van der Waals surface area contributed by atoms with Crippen molar-refractivity contribution >= 4 is 22.9 Å². The molecule has 4 N–H and O–H groups in total. The first-order chi connectivity index (χ1) is 10.3. The molecular weight excluding hydrogens is 272 g/mol. The number of nitrogen functional groups attached to an aromatic ring is 1. The van der Waals surface area contributed by atoms with E-state index < -0.39 is 0 Å². The van der Waals surface area contributed by atoms with Crippen molar-refractivity contribution in [2.45, 2.75) is 6.54 Å². The summed E-state index contributed by atoms with van der Waals surface area (Å²) in [5.41, 5.74) is 7.91. The quantitative estimate of drug-likeness (QED) is 0.664. The Kier molecular flexibility index (Phi) is 2.53. The standard InChI is InChI=1S/C13H12N6O2/c14-13-18-11(9-12(19-13)17-5-16-9)15-4-7-2-1-3-8-10(7)21-6-20-8/h1-3,5H,4,6H2,(H4,14,15,16,17,18,19). The van der Waals surface area contributed by atoms with Gasteiger partial charge in [0, 0.05) is 12.1 Å². The number of hydrogen-bond acceptors (Lipinski definition) is 7. The molecule has 0 saturated carbocycles. The summed E-state index contributed by atoms with van der Waals surface area (Å²) in [6.45, 7) is 0.773. The van der Waals surface area contributed by atoms with E-state index >= 15 is 0 Å². The van der Waals surface area contributed by atoms with Crippen molar-refractivity contribution < 1.29 is 9.47 Å². The number of rotatable bonds is 3. The van der Waals surface area contributed by atoms with Gasteiger partial charge in [0.05, 0.1) is 6.33 Å². The minimum Gasteiger partial charge on any atom is -0.454 e. The third kappa shape index (κ3) is 1.97. The van der Waals surface area contributed by atoms with Crippen molar-refractivity contribution in [3.63, 3.8) is 0 Å². The van der Waals surface area contributed by atoms with E-state index in [-0.39, 0.29) is 12.7 Å². The van der Waals surface area contributed by atoms with E-state index in [2.05, 4.69) is 25.3 Å². The second kappa shape index (κ2) is 4.51. The van der Waals surface area contributed by atoms with Gasteiger partial charge in [-0.1, -0.05) is 12.1 Å². The van der Waals surface area contributed by atoms with Crippen LogP contribution in [0.1, 0.15) is 5.56 Å². The van der Waals surface area contributed by atoms with E-state index in [1.807, 2.05) is 18.2 Å². The van der Waals surface area contributed by atoms with Crippen molar-refractivity contribution in [2.24, 2.45) is 0 Å². The minimum absolute atomic E-state index is 0.176. The first-order valence-electron chi connectivity index (χ1n) is 6.39. The number of nitrogens with zero attached hydrogens (tertiary/aromatic N) is 3. The normalized spacial score (nSPS) is 12.8. The first-order valence-corrected chi connectivity index (χ1v) is 6.39. The topological polar surface area (TPSA) is 111 Å². The van der Waals surface area contributed by atoms with Gasteiger partial charge in [0.1, 0.15) is 5.52 Å². The van der Waals surface area contributed by atoms with Gasteiger partial charge in [-0.15, -0.1) is 0 Å². The molecule has 1 aromatic carbocycles. The average molecular weight is 284 g/mol. The van der Waals surface area contributed by atoms with Gasteiger partial charge >= 0.3 is 0 Å².